The van der Waals surface area contributed by atoms with E-state index in [4.69, 9.17) is 11.6 Å². The molecule has 2 atom stereocenters. The lowest BCUT2D eigenvalue weighted by Crippen LogP contribution is -2.62. The van der Waals surface area contributed by atoms with Crippen molar-refractivity contribution in [2.45, 2.75) is 32.4 Å². The molecule has 0 saturated carbocycles. The van der Waals surface area contributed by atoms with Gasteiger partial charge in [0.05, 0.1) is 5.02 Å². The molecule has 1 fully saturated rings. The molecule has 0 bridgehead atoms. The van der Waals surface area contributed by atoms with E-state index >= 15 is 0 Å². The smallest absolute Gasteiger partial charge is 0.250 e. The number of anilines is 1. The minimum absolute atomic E-state index is 0.104. The van der Waals surface area contributed by atoms with Gasteiger partial charge in [-0.05, 0) is 47.5 Å². The molecule has 6 heteroatoms. The highest BCUT2D eigenvalue weighted by Crippen LogP contribution is 2.30. The highest BCUT2D eigenvalue weighted by atomic mass is 79.9. The lowest BCUT2D eigenvalue weighted by atomic mass is 10.1. The summed E-state index contributed by atoms with van der Waals surface area (Å²) in [4.78, 5) is 25.8. The quantitative estimate of drug-likeness (QED) is 0.896. The highest BCUT2D eigenvalue weighted by molar-refractivity contribution is 9.10. The third-order valence-corrected chi connectivity index (χ3v) is 4.44. The molecule has 1 aliphatic heterocycles. The van der Waals surface area contributed by atoms with Crippen molar-refractivity contribution in [1.29, 1.82) is 0 Å². The zero-order valence-corrected chi connectivity index (χ0v) is 13.0. The average molecular weight is 346 g/mol. The van der Waals surface area contributed by atoms with Gasteiger partial charge in [-0.15, -0.1) is 0 Å². The van der Waals surface area contributed by atoms with Crippen molar-refractivity contribution in [2.24, 2.45) is 0 Å². The van der Waals surface area contributed by atoms with E-state index in [-0.39, 0.29) is 11.8 Å². The van der Waals surface area contributed by atoms with Crippen LogP contribution in [0, 0.1) is 0 Å². The number of carbonyl (C=O) groups excluding carboxylic acids is 2. The van der Waals surface area contributed by atoms with Crippen LogP contribution in [-0.4, -0.2) is 23.9 Å². The summed E-state index contributed by atoms with van der Waals surface area (Å²) in [7, 11) is 0. The Morgan fingerprint density at radius 3 is 2.68 bits per heavy atom. The first kappa shape index (κ1) is 14.3. The zero-order chi connectivity index (χ0) is 14.2. The average Bonchev–Trinajstić information content (AvgIpc) is 2.38. The Kier molecular flexibility index (Phi) is 4.16. The number of rotatable bonds is 2. The van der Waals surface area contributed by atoms with Crippen LogP contribution in [0.3, 0.4) is 0 Å². The Hall–Kier alpha value is -1.07. The number of piperazine rings is 1. The predicted octanol–water partition coefficient (Wildman–Crippen LogP) is 2.73. The first-order valence-electron chi connectivity index (χ1n) is 6.04. The van der Waals surface area contributed by atoms with Crippen LogP contribution in [0.15, 0.2) is 22.7 Å². The van der Waals surface area contributed by atoms with E-state index in [9.17, 15) is 9.59 Å². The first-order chi connectivity index (χ1) is 8.95. The molecule has 0 radical (unpaired) electrons. The minimum Gasteiger partial charge on any atom is -0.343 e. The molecule has 1 aliphatic rings. The third-order valence-electron chi connectivity index (χ3n) is 3.21. The number of hydrogen-bond acceptors (Lipinski definition) is 2. The van der Waals surface area contributed by atoms with Gasteiger partial charge in [0, 0.05) is 10.2 Å². The van der Waals surface area contributed by atoms with Crippen molar-refractivity contribution in [2.75, 3.05) is 4.90 Å². The zero-order valence-electron chi connectivity index (χ0n) is 10.6. The molecule has 0 aromatic heterocycles. The van der Waals surface area contributed by atoms with Crippen LogP contribution >= 0.6 is 27.5 Å². The predicted molar refractivity (Wildman–Crippen MR) is 78.3 cm³/mol. The van der Waals surface area contributed by atoms with Crippen LogP contribution in [0.5, 0.6) is 0 Å². The summed E-state index contributed by atoms with van der Waals surface area (Å²) in [6.07, 6.45) is 0.568. The maximum atomic E-state index is 12.4. The van der Waals surface area contributed by atoms with Gasteiger partial charge in [-0.1, -0.05) is 18.5 Å². The van der Waals surface area contributed by atoms with Crippen LogP contribution in [0.2, 0.25) is 5.02 Å². The monoisotopic (exact) mass is 344 g/mol. The van der Waals surface area contributed by atoms with Gasteiger partial charge < -0.3 is 5.32 Å². The van der Waals surface area contributed by atoms with Gasteiger partial charge in [0.1, 0.15) is 12.1 Å². The van der Waals surface area contributed by atoms with E-state index in [0.29, 0.717) is 17.1 Å². The normalized spacial score (nSPS) is 23.5. The molecule has 2 rings (SSSR count). The number of benzene rings is 1. The largest absolute Gasteiger partial charge is 0.343 e. The van der Waals surface area contributed by atoms with Gasteiger partial charge in [0.2, 0.25) is 11.8 Å². The van der Waals surface area contributed by atoms with Gasteiger partial charge in [-0.3, -0.25) is 14.5 Å². The molecule has 102 valence electrons. The molecule has 19 heavy (non-hydrogen) atoms. The maximum Gasteiger partial charge on any atom is 0.250 e. The van der Waals surface area contributed by atoms with E-state index in [0.717, 1.165) is 4.47 Å². The molecular weight excluding hydrogens is 332 g/mol. The molecule has 1 aromatic carbocycles. The molecule has 0 aliphatic carbocycles. The fourth-order valence-electron chi connectivity index (χ4n) is 2.09. The van der Waals surface area contributed by atoms with Crippen molar-refractivity contribution < 1.29 is 9.59 Å². The maximum absolute atomic E-state index is 12.4. The molecule has 1 heterocycles. The van der Waals surface area contributed by atoms with Crippen molar-refractivity contribution in [1.82, 2.24) is 5.32 Å². The van der Waals surface area contributed by atoms with E-state index in [1.807, 2.05) is 6.92 Å². The van der Waals surface area contributed by atoms with Crippen molar-refractivity contribution in [3.8, 4) is 0 Å². The third kappa shape index (κ3) is 2.62. The molecule has 2 unspecified atom stereocenters. The van der Waals surface area contributed by atoms with E-state index in [2.05, 4.69) is 21.2 Å². The Morgan fingerprint density at radius 1 is 1.42 bits per heavy atom. The summed E-state index contributed by atoms with van der Waals surface area (Å²) in [6, 6.07) is 4.23. The van der Waals surface area contributed by atoms with Crippen LogP contribution in [-0.2, 0) is 9.59 Å². The molecule has 2 amide bonds. The summed E-state index contributed by atoms with van der Waals surface area (Å²) in [5, 5.41) is 3.23. The molecule has 4 nitrogen and oxygen atoms in total. The van der Waals surface area contributed by atoms with Crippen LogP contribution in [0.1, 0.15) is 20.3 Å². The fraction of sp³-hybridized carbons (Fsp3) is 0.385. The Balaban J connectivity index is 2.41. The van der Waals surface area contributed by atoms with Gasteiger partial charge >= 0.3 is 0 Å². The van der Waals surface area contributed by atoms with Crippen molar-refractivity contribution in [3.05, 3.63) is 27.7 Å². The number of halogens is 2. The van der Waals surface area contributed by atoms with Crippen LogP contribution < -0.4 is 10.2 Å². The number of nitrogens with zero attached hydrogens (tertiary/aromatic N) is 1. The molecule has 1 saturated heterocycles. The second-order valence-corrected chi connectivity index (χ2v) is 5.71. The molecule has 1 N–H and O–H groups in total. The topological polar surface area (TPSA) is 49.4 Å². The number of hydrogen-bond donors (Lipinski definition) is 1. The van der Waals surface area contributed by atoms with Gasteiger partial charge in [-0.25, -0.2) is 0 Å². The summed E-state index contributed by atoms with van der Waals surface area (Å²) in [6.45, 7) is 3.57. The summed E-state index contributed by atoms with van der Waals surface area (Å²) >= 11 is 9.36. The SMILES string of the molecule is CCC1NC(=O)C(C)N(c2ccc(Br)c(Cl)c2)C1=O. The van der Waals surface area contributed by atoms with E-state index in [1.54, 1.807) is 25.1 Å². The fourth-order valence-corrected chi connectivity index (χ4v) is 2.51. The van der Waals surface area contributed by atoms with Crippen LogP contribution in [0.25, 0.3) is 0 Å². The minimum atomic E-state index is -0.535. The standard InChI is InChI=1S/C13H14BrClN2O2/c1-3-11-13(19)17(7(2)12(18)16-11)8-4-5-9(14)10(15)6-8/h4-7,11H,3H2,1-2H3,(H,16,18). The lowest BCUT2D eigenvalue weighted by Gasteiger charge is -2.37. The molecule has 0 spiro atoms. The van der Waals surface area contributed by atoms with E-state index < -0.39 is 12.1 Å². The first-order valence-corrected chi connectivity index (χ1v) is 7.21. The summed E-state index contributed by atoms with van der Waals surface area (Å²) in [5.74, 6) is -0.251. The van der Waals surface area contributed by atoms with Crippen molar-refractivity contribution in [3.63, 3.8) is 0 Å². The Bertz CT molecular complexity index is 535. The number of carbonyl (C=O) groups is 2. The highest BCUT2D eigenvalue weighted by Gasteiger charge is 2.38. The van der Waals surface area contributed by atoms with Gasteiger partial charge in [-0.2, -0.15) is 0 Å². The second kappa shape index (κ2) is 5.51. The Morgan fingerprint density at radius 2 is 2.11 bits per heavy atom. The lowest BCUT2D eigenvalue weighted by molar-refractivity contribution is -0.133. The van der Waals surface area contributed by atoms with Gasteiger partial charge in [0.25, 0.3) is 0 Å². The Labute approximate surface area is 125 Å². The molecular formula is C13H14BrClN2O2. The van der Waals surface area contributed by atoms with Crippen molar-refractivity contribution >= 4 is 45.0 Å². The summed E-state index contributed by atoms with van der Waals surface area (Å²) in [5.41, 5.74) is 0.638. The van der Waals surface area contributed by atoms with E-state index in [1.165, 1.54) is 4.90 Å². The van der Waals surface area contributed by atoms with Crippen LogP contribution in [0.4, 0.5) is 5.69 Å². The number of amides is 2. The summed E-state index contributed by atoms with van der Waals surface area (Å²) < 4.78 is 0.756. The van der Waals surface area contributed by atoms with Gasteiger partial charge in [0.15, 0.2) is 0 Å². The molecule has 1 aromatic rings. The number of nitrogens with one attached hydrogen (secondary N) is 1. The second-order valence-electron chi connectivity index (χ2n) is 4.45.